The zero-order valence-corrected chi connectivity index (χ0v) is 15.4. The molecule has 0 saturated carbocycles. The Kier molecular flexibility index (Phi) is 6.93. The van der Waals surface area contributed by atoms with Gasteiger partial charge >= 0.3 is 0 Å². The first-order valence-electron chi connectivity index (χ1n) is 8.06. The second-order valence-corrected chi connectivity index (χ2v) is 8.73. The van der Waals surface area contributed by atoms with Gasteiger partial charge in [0.1, 0.15) is 5.78 Å². The van der Waals surface area contributed by atoms with Gasteiger partial charge in [-0.3, -0.25) is 4.79 Å². The maximum Gasteiger partial charge on any atom is 0.141 e. The largest absolute Gasteiger partial charge is 0.312 e. The van der Waals surface area contributed by atoms with Crippen LogP contribution in [-0.4, -0.2) is 17.9 Å². The highest BCUT2D eigenvalue weighted by Crippen LogP contribution is 2.32. The first kappa shape index (κ1) is 19.6. The van der Waals surface area contributed by atoms with Crippen LogP contribution in [0, 0.1) is 29.1 Å². The normalized spacial score (nSPS) is 19.3. The third-order valence-corrected chi connectivity index (χ3v) is 4.62. The molecule has 0 bridgehead atoms. The number of rotatable bonds is 6. The highest BCUT2D eigenvalue weighted by Gasteiger charge is 2.33. The maximum absolute atomic E-state index is 12.4. The molecule has 20 heavy (non-hydrogen) atoms. The van der Waals surface area contributed by atoms with E-state index in [9.17, 15) is 4.79 Å². The van der Waals surface area contributed by atoms with Crippen LogP contribution < -0.4 is 5.32 Å². The molecule has 4 unspecified atom stereocenters. The van der Waals surface area contributed by atoms with Crippen molar-refractivity contribution in [3.05, 3.63) is 0 Å². The minimum Gasteiger partial charge on any atom is -0.312 e. The van der Waals surface area contributed by atoms with E-state index in [1.807, 2.05) is 20.8 Å². The van der Waals surface area contributed by atoms with Crippen LogP contribution in [0.4, 0.5) is 0 Å². The van der Waals surface area contributed by atoms with Crippen molar-refractivity contribution in [1.82, 2.24) is 5.32 Å². The molecule has 0 amide bonds. The minimum atomic E-state index is -0.236. The summed E-state index contributed by atoms with van der Waals surface area (Å²) in [6, 6.07) is 0. The van der Waals surface area contributed by atoms with Gasteiger partial charge in [-0.1, -0.05) is 48.5 Å². The van der Waals surface area contributed by atoms with Crippen LogP contribution in [0.5, 0.6) is 0 Å². The van der Waals surface area contributed by atoms with Crippen molar-refractivity contribution < 1.29 is 4.79 Å². The highest BCUT2D eigenvalue weighted by atomic mass is 16.1. The molecule has 0 aliphatic heterocycles. The number of hydrogen-bond donors (Lipinski definition) is 1. The Labute approximate surface area is 127 Å². The van der Waals surface area contributed by atoms with Gasteiger partial charge in [-0.25, -0.2) is 0 Å². The summed E-state index contributed by atoms with van der Waals surface area (Å²) in [6.45, 7) is 22.5. The van der Waals surface area contributed by atoms with Gasteiger partial charge in [0.2, 0.25) is 0 Å². The van der Waals surface area contributed by atoms with Crippen molar-refractivity contribution in [3.63, 3.8) is 0 Å². The third-order valence-electron chi connectivity index (χ3n) is 4.62. The predicted molar refractivity (Wildman–Crippen MR) is 88.9 cm³/mol. The van der Waals surface area contributed by atoms with Gasteiger partial charge in [-0.15, -0.1) is 0 Å². The van der Waals surface area contributed by atoms with E-state index in [4.69, 9.17) is 0 Å². The first-order chi connectivity index (χ1) is 8.77. The molecule has 0 radical (unpaired) electrons. The average molecular weight is 284 g/mol. The number of carbonyl (C=O) groups excluding carboxylic acids is 1. The highest BCUT2D eigenvalue weighted by molar-refractivity contribution is 5.85. The standard InChI is InChI=1S/C18H37NO/c1-12(11-19-18(8,9)10)13(2)14(3)15(4)16(20)17(5,6)7/h12-15,19H,11H2,1-10H3. The summed E-state index contributed by atoms with van der Waals surface area (Å²) in [4.78, 5) is 12.4. The van der Waals surface area contributed by atoms with Crippen molar-refractivity contribution in [3.8, 4) is 0 Å². The van der Waals surface area contributed by atoms with E-state index in [1.54, 1.807) is 0 Å². The van der Waals surface area contributed by atoms with E-state index in [0.29, 0.717) is 23.5 Å². The summed E-state index contributed by atoms with van der Waals surface area (Å²) in [7, 11) is 0. The van der Waals surface area contributed by atoms with Gasteiger partial charge in [-0.2, -0.15) is 0 Å². The molecule has 2 heteroatoms. The molecular weight excluding hydrogens is 246 g/mol. The van der Waals surface area contributed by atoms with Crippen molar-refractivity contribution >= 4 is 5.78 Å². The minimum absolute atomic E-state index is 0.127. The molecule has 0 aliphatic carbocycles. The Balaban J connectivity index is 4.61. The summed E-state index contributed by atoms with van der Waals surface area (Å²) < 4.78 is 0. The van der Waals surface area contributed by atoms with E-state index in [0.717, 1.165) is 6.54 Å². The molecule has 0 aromatic heterocycles. The molecular formula is C18H37NO. The number of hydrogen-bond acceptors (Lipinski definition) is 2. The smallest absolute Gasteiger partial charge is 0.141 e. The van der Waals surface area contributed by atoms with Crippen LogP contribution in [0.15, 0.2) is 0 Å². The molecule has 0 aromatic carbocycles. The lowest BCUT2D eigenvalue weighted by Crippen LogP contribution is -2.41. The van der Waals surface area contributed by atoms with Gasteiger partial charge in [-0.05, 0) is 45.1 Å². The summed E-state index contributed by atoms with van der Waals surface area (Å²) >= 11 is 0. The van der Waals surface area contributed by atoms with Gasteiger partial charge in [0.25, 0.3) is 0 Å². The van der Waals surface area contributed by atoms with E-state index in [2.05, 4.69) is 53.8 Å². The summed E-state index contributed by atoms with van der Waals surface area (Å²) in [6.07, 6.45) is 0. The lowest BCUT2D eigenvalue weighted by molar-refractivity contribution is -0.132. The zero-order valence-electron chi connectivity index (χ0n) is 15.4. The molecule has 0 saturated heterocycles. The van der Waals surface area contributed by atoms with E-state index in [1.165, 1.54) is 0 Å². The van der Waals surface area contributed by atoms with Gasteiger partial charge in [0, 0.05) is 16.9 Å². The van der Waals surface area contributed by atoms with E-state index < -0.39 is 0 Å². The Bertz CT molecular complexity index is 308. The van der Waals surface area contributed by atoms with E-state index in [-0.39, 0.29) is 16.9 Å². The average Bonchev–Trinajstić information content (AvgIpc) is 2.30. The summed E-state index contributed by atoms with van der Waals surface area (Å²) in [5.41, 5.74) is -0.0790. The Morgan fingerprint density at radius 3 is 1.70 bits per heavy atom. The topological polar surface area (TPSA) is 29.1 Å². The SMILES string of the molecule is CC(CNC(C)(C)C)C(C)C(C)C(C)C(=O)C(C)(C)C. The molecule has 0 spiro atoms. The quantitative estimate of drug-likeness (QED) is 0.775. The third kappa shape index (κ3) is 6.39. The van der Waals surface area contributed by atoms with Crippen LogP contribution in [0.2, 0.25) is 0 Å². The molecule has 1 N–H and O–H groups in total. The molecule has 120 valence electrons. The Morgan fingerprint density at radius 2 is 1.35 bits per heavy atom. The van der Waals surface area contributed by atoms with Crippen LogP contribution in [0.3, 0.4) is 0 Å². The lowest BCUT2D eigenvalue weighted by atomic mass is 9.72. The molecule has 4 atom stereocenters. The molecule has 0 heterocycles. The predicted octanol–water partition coefficient (Wildman–Crippen LogP) is 4.53. The van der Waals surface area contributed by atoms with Gasteiger partial charge < -0.3 is 5.32 Å². The second kappa shape index (κ2) is 7.06. The molecule has 0 fully saturated rings. The van der Waals surface area contributed by atoms with Gasteiger partial charge in [0.05, 0.1) is 0 Å². The monoisotopic (exact) mass is 283 g/mol. The Hall–Kier alpha value is -0.370. The fourth-order valence-corrected chi connectivity index (χ4v) is 2.55. The first-order valence-corrected chi connectivity index (χ1v) is 8.06. The second-order valence-electron chi connectivity index (χ2n) is 8.73. The fraction of sp³-hybridized carbons (Fsp3) is 0.944. The van der Waals surface area contributed by atoms with Gasteiger partial charge in [0.15, 0.2) is 0 Å². The lowest BCUT2D eigenvalue weighted by Gasteiger charge is -2.34. The van der Waals surface area contributed by atoms with Crippen molar-refractivity contribution in [2.75, 3.05) is 6.54 Å². The number of carbonyl (C=O) groups is 1. The maximum atomic E-state index is 12.4. The molecule has 0 aliphatic rings. The van der Waals surface area contributed by atoms with Crippen LogP contribution in [0.1, 0.15) is 69.2 Å². The van der Waals surface area contributed by atoms with Crippen molar-refractivity contribution in [2.24, 2.45) is 29.1 Å². The molecule has 0 rings (SSSR count). The molecule has 0 aromatic rings. The van der Waals surface area contributed by atoms with Crippen molar-refractivity contribution in [1.29, 1.82) is 0 Å². The van der Waals surface area contributed by atoms with Crippen LogP contribution in [-0.2, 0) is 4.79 Å². The fourth-order valence-electron chi connectivity index (χ4n) is 2.55. The Morgan fingerprint density at radius 1 is 0.900 bits per heavy atom. The van der Waals surface area contributed by atoms with Crippen LogP contribution >= 0.6 is 0 Å². The summed E-state index contributed by atoms with van der Waals surface area (Å²) in [5.74, 6) is 2.03. The molecule has 2 nitrogen and oxygen atoms in total. The number of nitrogens with one attached hydrogen (secondary N) is 1. The zero-order chi connectivity index (χ0) is 16.3. The number of ketones is 1. The summed E-state index contributed by atoms with van der Waals surface area (Å²) in [5, 5.41) is 3.57. The number of Topliss-reactive ketones (excluding diaryl/α,β-unsaturated/α-hetero) is 1. The van der Waals surface area contributed by atoms with Crippen molar-refractivity contribution in [2.45, 2.75) is 74.8 Å². The van der Waals surface area contributed by atoms with Crippen LogP contribution in [0.25, 0.3) is 0 Å². The van der Waals surface area contributed by atoms with E-state index >= 15 is 0 Å².